The molecule has 33 heavy (non-hydrogen) atoms. The van der Waals surface area contributed by atoms with Gasteiger partial charge in [0, 0.05) is 37.3 Å². The summed E-state index contributed by atoms with van der Waals surface area (Å²) in [6.07, 6.45) is 6.46. The number of hydrogen-bond acceptors (Lipinski definition) is 7. The van der Waals surface area contributed by atoms with Crippen molar-refractivity contribution in [2.45, 2.75) is 38.6 Å². The standard InChI is InChI=1S/C24H26N6O3/c1-15-10-20(27-12-19(15)22(31)28-17-5-9-33-13-17)29-21-11-18(4-7-26-21)30-8-6-24(14-25,23(30)32)16-2-3-16/h4,7,10-12,16-17H,2-3,5-6,8-9,13H2,1H3,(H,28,31)(H,26,27,29)/t17-,24-/m1/s1. The largest absolute Gasteiger partial charge is 0.379 e. The highest BCUT2D eigenvalue weighted by Crippen LogP contribution is 2.51. The molecule has 2 aromatic rings. The van der Waals surface area contributed by atoms with Gasteiger partial charge in [-0.25, -0.2) is 9.97 Å². The molecule has 0 spiro atoms. The highest BCUT2D eigenvalue weighted by Gasteiger charge is 2.56. The molecule has 2 aromatic heterocycles. The van der Waals surface area contributed by atoms with Crippen molar-refractivity contribution in [1.29, 1.82) is 5.26 Å². The fraction of sp³-hybridized carbons (Fsp3) is 0.458. The van der Waals surface area contributed by atoms with E-state index in [1.165, 1.54) is 0 Å². The summed E-state index contributed by atoms with van der Waals surface area (Å²) in [4.78, 5) is 36.0. The number of nitriles is 1. The molecule has 2 N–H and O–H groups in total. The van der Waals surface area contributed by atoms with Crippen LogP contribution in [0.5, 0.6) is 0 Å². The van der Waals surface area contributed by atoms with Gasteiger partial charge >= 0.3 is 0 Å². The lowest BCUT2D eigenvalue weighted by molar-refractivity contribution is -0.123. The van der Waals surface area contributed by atoms with Crippen molar-refractivity contribution in [2.24, 2.45) is 11.3 Å². The number of pyridine rings is 2. The number of hydrogen-bond donors (Lipinski definition) is 2. The minimum atomic E-state index is -0.878. The van der Waals surface area contributed by atoms with E-state index in [0.29, 0.717) is 49.1 Å². The summed E-state index contributed by atoms with van der Waals surface area (Å²) in [7, 11) is 0. The molecule has 0 radical (unpaired) electrons. The number of amides is 2. The Bertz CT molecular complexity index is 1140. The van der Waals surface area contributed by atoms with Crippen molar-refractivity contribution in [3.63, 3.8) is 0 Å². The first kappa shape index (κ1) is 21.3. The van der Waals surface area contributed by atoms with Crippen LogP contribution in [-0.4, -0.2) is 47.6 Å². The van der Waals surface area contributed by atoms with Crippen LogP contribution in [0.15, 0.2) is 30.6 Å². The predicted molar refractivity (Wildman–Crippen MR) is 121 cm³/mol. The first-order valence-electron chi connectivity index (χ1n) is 11.3. The number of anilines is 3. The van der Waals surface area contributed by atoms with Crippen LogP contribution in [-0.2, 0) is 9.53 Å². The Balaban J connectivity index is 1.29. The first-order chi connectivity index (χ1) is 16.0. The van der Waals surface area contributed by atoms with E-state index in [2.05, 4.69) is 26.7 Å². The summed E-state index contributed by atoms with van der Waals surface area (Å²) in [5, 5.41) is 15.8. The van der Waals surface area contributed by atoms with Crippen molar-refractivity contribution in [2.75, 3.05) is 30.0 Å². The summed E-state index contributed by atoms with van der Waals surface area (Å²) < 4.78 is 5.31. The molecule has 0 aromatic carbocycles. The second kappa shape index (κ2) is 8.45. The summed E-state index contributed by atoms with van der Waals surface area (Å²) in [5.74, 6) is 1.000. The third-order valence-electron chi connectivity index (χ3n) is 6.76. The number of carbonyl (C=O) groups excluding carboxylic acids is 2. The van der Waals surface area contributed by atoms with Crippen LogP contribution in [0.3, 0.4) is 0 Å². The molecule has 0 unspecified atom stereocenters. The molecule has 1 aliphatic carbocycles. The Labute approximate surface area is 192 Å². The predicted octanol–water partition coefficient (Wildman–Crippen LogP) is 2.70. The number of nitrogens with zero attached hydrogens (tertiary/aromatic N) is 4. The molecular formula is C24H26N6O3. The van der Waals surface area contributed by atoms with Gasteiger partial charge in [0.1, 0.15) is 17.1 Å². The third-order valence-corrected chi connectivity index (χ3v) is 6.76. The van der Waals surface area contributed by atoms with Gasteiger partial charge in [0.05, 0.1) is 24.3 Å². The molecule has 170 valence electrons. The van der Waals surface area contributed by atoms with Gasteiger partial charge in [-0.05, 0) is 56.2 Å². The summed E-state index contributed by atoms with van der Waals surface area (Å²) >= 11 is 0. The van der Waals surface area contributed by atoms with E-state index in [1.807, 2.05) is 6.92 Å². The average Bonchev–Trinajstić information content (AvgIpc) is 3.43. The van der Waals surface area contributed by atoms with Crippen LogP contribution in [0.25, 0.3) is 0 Å². The Morgan fingerprint density at radius 2 is 2.09 bits per heavy atom. The first-order valence-corrected chi connectivity index (χ1v) is 11.3. The molecule has 3 aliphatic rings. The van der Waals surface area contributed by atoms with Crippen LogP contribution < -0.4 is 15.5 Å². The number of ether oxygens (including phenoxy) is 1. The molecule has 0 bridgehead atoms. The van der Waals surface area contributed by atoms with Crippen LogP contribution in [0.1, 0.15) is 41.6 Å². The lowest BCUT2D eigenvalue weighted by atomic mass is 9.83. The lowest BCUT2D eigenvalue weighted by Crippen LogP contribution is -2.35. The zero-order valence-corrected chi connectivity index (χ0v) is 18.5. The quantitative estimate of drug-likeness (QED) is 0.700. The maximum Gasteiger partial charge on any atom is 0.253 e. The molecular weight excluding hydrogens is 420 g/mol. The molecule has 4 heterocycles. The van der Waals surface area contributed by atoms with Gasteiger partial charge < -0.3 is 20.3 Å². The monoisotopic (exact) mass is 446 g/mol. The van der Waals surface area contributed by atoms with E-state index in [-0.39, 0.29) is 23.8 Å². The molecule has 1 saturated carbocycles. The zero-order valence-electron chi connectivity index (χ0n) is 18.5. The van der Waals surface area contributed by atoms with E-state index in [9.17, 15) is 14.9 Å². The average molecular weight is 447 g/mol. The van der Waals surface area contributed by atoms with Gasteiger partial charge in [-0.1, -0.05) is 0 Å². The van der Waals surface area contributed by atoms with E-state index in [1.54, 1.807) is 35.5 Å². The number of carbonyl (C=O) groups is 2. The second-order valence-corrected chi connectivity index (χ2v) is 9.01. The molecule has 2 saturated heterocycles. The molecule has 2 amide bonds. The van der Waals surface area contributed by atoms with Crippen LogP contribution in [0, 0.1) is 29.6 Å². The SMILES string of the molecule is Cc1cc(Nc2cc(N3CC[C@@](C#N)(C4CC4)C3=O)ccn2)ncc1C(=O)N[C@@H]1CCOC1. The fourth-order valence-electron chi connectivity index (χ4n) is 4.69. The van der Waals surface area contributed by atoms with Gasteiger partial charge in [-0.15, -0.1) is 0 Å². The number of rotatable bonds is 6. The van der Waals surface area contributed by atoms with Crippen molar-refractivity contribution in [3.05, 3.63) is 41.7 Å². The van der Waals surface area contributed by atoms with Gasteiger partial charge in [0.2, 0.25) is 5.91 Å². The maximum absolute atomic E-state index is 13.1. The number of aryl methyl sites for hydroxylation is 1. The molecule has 5 rings (SSSR count). The zero-order chi connectivity index (χ0) is 23.0. The number of nitrogens with one attached hydrogen (secondary N) is 2. The van der Waals surface area contributed by atoms with Crippen molar-refractivity contribution < 1.29 is 14.3 Å². The van der Waals surface area contributed by atoms with E-state index in [4.69, 9.17) is 4.74 Å². The Morgan fingerprint density at radius 3 is 2.79 bits per heavy atom. The third kappa shape index (κ3) is 4.02. The van der Waals surface area contributed by atoms with Gasteiger partial charge in [-0.3, -0.25) is 9.59 Å². The molecule has 9 heteroatoms. The Morgan fingerprint density at radius 1 is 1.27 bits per heavy atom. The molecule has 2 aliphatic heterocycles. The van der Waals surface area contributed by atoms with Crippen LogP contribution in [0.2, 0.25) is 0 Å². The summed E-state index contributed by atoms with van der Waals surface area (Å²) in [5.41, 5.74) is 1.14. The minimum absolute atomic E-state index is 0.0367. The summed E-state index contributed by atoms with van der Waals surface area (Å²) in [6, 6.07) is 7.71. The lowest BCUT2D eigenvalue weighted by Gasteiger charge is -2.21. The van der Waals surface area contributed by atoms with E-state index < -0.39 is 5.41 Å². The normalized spacial score (nSPS) is 24.5. The Kier molecular flexibility index (Phi) is 5.46. The topological polar surface area (TPSA) is 120 Å². The van der Waals surface area contributed by atoms with E-state index in [0.717, 1.165) is 24.8 Å². The van der Waals surface area contributed by atoms with Crippen LogP contribution in [0.4, 0.5) is 17.3 Å². The van der Waals surface area contributed by atoms with E-state index >= 15 is 0 Å². The fourth-order valence-corrected chi connectivity index (χ4v) is 4.69. The second-order valence-electron chi connectivity index (χ2n) is 9.01. The highest BCUT2D eigenvalue weighted by atomic mass is 16.5. The summed E-state index contributed by atoms with van der Waals surface area (Å²) in [6.45, 7) is 3.59. The molecule has 2 atom stereocenters. The maximum atomic E-state index is 13.1. The highest BCUT2D eigenvalue weighted by molar-refractivity contribution is 6.02. The van der Waals surface area contributed by atoms with Crippen molar-refractivity contribution in [1.82, 2.24) is 15.3 Å². The van der Waals surface area contributed by atoms with Crippen LogP contribution >= 0.6 is 0 Å². The minimum Gasteiger partial charge on any atom is -0.379 e. The number of aromatic nitrogens is 2. The Hall–Kier alpha value is -3.51. The van der Waals surface area contributed by atoms with Gasteiger partial charge in [0.15, 0.2) is 0 Å². The van der Waals surface area contributed by atoms with Crippen molar-refractivity contribution in [3.8, 4) is 6.07 Å². The van der Waals surface area contributed by atoms with Gasteiger partial charge in [-0.2, -0.15) is 5.26 Å². The smallest absolute Gasteiger partial charge is 0.253 e. The molecule has 9 nitrogen and oxygen atoms in total. The molecule has 3 fully saturated rings. The van der Waals surface area contributed by atoms with Gasteiger partial charge in [0.25, 0.3) is 5.91 Å². The van der Waals surface area contributed by atoms with Crippen molar-refractivity contribution >= 4 is 29.1 Å².